The summed E-state index contributed by atoms with van der Waals surface area (Å²) in [6.07, 6.45) is 0. The number of carbonyl (C=O) groups is 1. The largest absolute Gasteiger partial charge is 0.496 e. The third kappa shape index (κ3) is 4.26. The smallest absolute Gasteiger partial charge is 0.259 e. The van der Waals surface area contributed by atoms with Crippen LogP contribution in [-0.2, 0) is 4.74 Å². The summed E-state index contributed by atoms with van der Waals surface area (Å²) in [4.78, 5) is 15.0. The van der Waals surface area contributed by atoms with E-state index in [0.29, 0.717) is 35.2 Å². The van der Waals surface area contributed by atoms with Crippen molar-refractivity contribution in [1.82, 2.24) is 0 Å². The van der Waals surface area contributed by atoms with E-state index in [9.17, 15) is 4.79 Å². The van der Waals surface area contributed by atoms with Gasteiger partial charge in [0.2, 0.25) is 0 Å². The predicted molar refractivity (Wildman–Crippen MR) is 103 cm³/mol. The summed E-state index contributed by atoms with van der Waals surface area (Å²) in [7, 11) is 1.54. The zero-order valence-corrected chi connectivity index (χ0v) is 16.1. The number of anilines is 2. The monoisotopic (exact) mass is 424 g/mol. The van der Waals surface area contributed by atoms with Crippen molar-refractivity contribution in [3.8, 4) is 5.75 Å². The van der Waals surface area contributed by atoms with Crippen molar-refractivity contribution in [2.45, 2.75) is 0 Å². The van der Waals surface area contributed by atoms with Gasteiger partial charge in [0.25, 0.3) is 5.91 Å². The molecule has 7 heteroatoms. The minimum atomic E-state index is -0.255. The molecule has 0 aliphatic carbocycles. The fraction of sp³-hybridized carbons (Fsp3) is 0.278. The van der Waals surface area contributed by atoms with Gasteiger partial charge < -0.3 is 19.7 Å². The summed E-state index contributed by atoms with van der Waals surface area (Å²) in [6.45, 7) is 2.86. The van der Waals surface area contributed by atoms with Crippen LogP contribution in [0.25, 0.3) is 0 Å². The van der Waals surface area contributed by atoms with Crippen molar-refractivity contribution in [3.05, 3.63) is 51.5 Å². The number of benzene rings is 2. The quantitative estimate of drug-likeness (QED) is 0.798. The van der Waals surface area contributed by atoms with E-state index < -0.39 is 0 Å². The van der Waals surface area contributed by atoms with E-state index in [1.54, 1.807) is 25.3 Å². The first-order valence-corrected chi connectivity index (χ1v) is 9.02. The molecule has 2 aromatic rings. The van der Waals surface area contributed by atoms with Gasteiger partial charge in [0.1, 0.15) is 5.75 Å². The molecule has 1 aliphatic heterocycles. The van der Waals surface area contributed by atoms with Gasteiger partial charge in [0.15, 0.2) is 0 Å². The van der Waals surface area contributed by atoms with Crippen LogP contribution in [0.3, 0.4) is 0 Å². The Bertz CT molecular complexity index is 779. The molecule has 0 bridgehead atoms. The molecule has 1 saturated heterocycles. The van der Waals surface area contributed by atoms with Crippen molar-refractivity contribution in [1.29, 1.82) is 0 Å². The topological polar surface area (TPSA) is 50.8 Å². The molecule has 0 radical (unpaired) electrons. The molecule has 1 amide bonds. The first kappa shape index (κ1) is 18.0. The number of methoxy groups -OCH3 is 1. The number of nitrogens with one attached hydrogen (secondary N) is 1. The highest BCUT2D eigenvalue weighted by atomic mass is 79.9. The fourth-order valence-corrected chi connectivity index (χ4v) is 3.27. The minimum absolute atomic E-state index is 0.255. The zero-order valence-electron chi connectivity index (χ0n) is 13.7. The van der Waals surface area contributed by atoms with Gasteiger partial charge in [-0.05, 0) is 36.4 Å². The second-order valence-electron chi connectivity index (χ2n) is 5.56. The maximum atomic E-state index is 12.8. The van der Waals surface area contributed by atoms with Gasteiger partial charge in [-0.1, -0.05) is 27.5 Å². The van der Waals surface area contributed by atoms with Crippen molar-refractivity contribution in [2.75, 3.05) is 43.6 Å². The van der Waals surface area contributed by atoms with E-state index >= 15 is 0 Å². The molecule has 3 rings (SSSR count). The lowest BCUT2D eigenvalue weighted by molar-refractivity contribution is 0.102. The summed E-state index contributed by atoms with van der Waals surface area (Å²) in [5.41, 5.74) is 2.04. The lowest BCUT2D eigenvalue weighted by Crippen LogP contribution is -2.36. The van der Waals surface area contributed by atoms with Crippen LogP contribution in [0, 0.1) is 0 Å². The van der Waals surface area contributed by atoms with Crippen LogP contribution in [0.15, 0.2) is 40.9 Å². The van der Waals surface area contributed by atoms with E-state index in [-0.39, 0.29) is 5.91 Å². The van der Waals surface area contributed by atoms with E-state index in [4.69, 9.17) is 21.1 Å². The van der Waals surface area contributed by atoms with Crippen LogP contribution in [-0.4, -0.2) is 39.3 Å². The molecule has 5 nitrogen and oxygen atoms in total. The molecule has 1 N–H and O–H groups in total. The van der Waals surface area contributed by atoms with Gasteiger partial charge in [-0.2, -0.15) is 0 Å². The lowest BCUT2D eigenvalue weighted by Gasteiger charge is -2.30. The zero-order chi connectivity index (χ0) is 17.8. The average molecular weight is 426 g/mol. The summed E-state index contributed by atoms with van der Waals surface area (Å²) in [5, 5.41) is 3.52. The summed E-state index contributed by atoms with van der Waals surface area (Å²) >= 11 is 9.53. The third-order valence-electron chi connectivity index (χ3n) is 3.96. The highest BCUT2D eigenvalue weighted by Crippen LogP contribution is 2.31. The Morgan fingerprint density at radius 2 is 2.00 bits per heavy atom. The van der Waals surface area contributed by atoms with Crippen LogP contribution in [0.4, 0.5) is 11.4 Å². The minimum Gasteiger partial charge on any atom is -0.496 e. The van der Waals surface area contributed by atoms with Crippen molar-refractivity contribution < 1.29 is 14.3 Å². The number of morpholine rings is 1. The number of amides is 1. The lowest BCUT2D eigenvalue weighted by atomic mass is 10.1. The van der Waals surface area contributed by atoms with E-state index in [1.165, 1.54) is 0 Å². The number of carbonyl (C=O) groups excluding carboxylic acids is 1. The second-order valence-corrected chi connectivity index (χ2v) is 6.91. The number of halogens is 2. The van der Waals surface area contributed by atoms with Gasteiger partial charge in [-0.3, -0.25) is 4.79 Å². The summed E-state index contributed by atoms with van der Waals surface area (Å²) in [6, 6.07) is 10.8. The van der Waals surface area contributed by atoms with Gasteiger partial charge in [-0.15, -0.1) is 0 Å². The van der Waals surface area contributed by atoms with Crippen LogP contribution in [0.1, 0.15) is 10.4 Å². The molecule has 1 heterocycles. The average Bonchev–Trinajstić information content (AvgIpc) is 2.62. The van der Waals surface area contributed by atoms with Gasteiger partial charge >= 0.3 is 0 Å². The Hall–Kier alpha value is -1.76. The molecule has 2 aromatic carbocycles. The third-order valence-corrected chi connectivity index (χ3v) is 4.69. The highest BCUT2D eigenvalue weighted by molar-refractivity contribution is 9.10. The van der Waals surface area contributed by atoms with Crippen molar-refractivity contribution >= 4 is 44.8 Å². The van der Waals surface area contributed by atoms with E-state index in [0.717, 1.165) is 23.2 Å². The molecule has 0 unspecified atom stereocenters. The van der Waals surface area contributed by atoms with E-state index in [2.05, 4.69) is 26.1 Å². The van der Waals surface area contributed by atoms with Crippen molar-refractivity contribution in [2.24, 2.45) is 0 Å². The Kier molecular flexibility index (Phi) is 5.83. The Labute approximate surface area is 160 Å². The SMILES string of the molecule is COc1ccc(Br)cc1C(=O)Nc1cc(Cl)ccc1N1CCOCC1. The molecule has 0 atom stereocenters. The molecule has 0 spiro atoms. The maximum Gasteiger partial charge on any atom is 0.259 e. The number of ether oxygens (including phenoxy) is 2. The Morgan fingerprint density at radius 3 is 2.72 bits per heavy atom. The Morgan fingerprint density at radius 1 is 1.24 bits per heavy atom. The van der Waals surface area contributed by atoms with Crippen LogP contribution in [0.2, 0.25) is 5.02 Å². The van der Waals surface area contributed by atoms with Crippen LogP contribution >= 0.6 is 27.5 Å². The van der Waals surface area contributed by atoms with Crippen molar-refractivity contribution in [3.63, 3.8) is 0 Å². The van der Waals surface area contributed by atoms with E-state index in [1.807, 2.05) is 18.2 Å². The second kappa shape index (κ2) is 8.08. The predicted octanol–water partition coefficient (Wildman–Crippen LogP) is 4.20. The fourth-order valence-electron chi connectivity index (χ4n) is 2.74. The molecule has 1 aliphatic rings. The highest BCUT2D eigenvalue weighted by Gasteiger charge is 2.19. The van der Waals surface area contributed by atoms with Crippen LogP contribution < -0.4 is 15.0 Å². The number of hydrogen-bond donors (Lipinski definition) is 1. The molecular weight excluding hydrogens is 408 g/mol. The maximum absolute atomic E-state index is 12.8. The molecule has 132 valence electrons. The molecule has 0 saturated carbocycles. The normalized spacial score (nSPS) is 14.3. The molecule has 1 fully saturated rings. The standard InChI is InChI=1S/C18H18BrClN2O3/c1-24-17-5-2-12(19)10-14(17)18(23)21-15-11-13(20)3-4-16(15)22-6-8-25-9-7-22/h2-5,10-11H,6-9H2,1H3,(H,21,23). The Balaban J connectivity index is 1.90. The summed E-state index contributed by atoms with van der Waals surface area (Å²) < 4.78 is 11.5. The first-order chi connectivity index (χ1) is 12.1. The van der Waals surface area contributed by atoms with Gasteiger partial charge in [-0.25, -0.2) is 0 Å². The number of rotatable bonds is 4. The molecule has 25 heavy (non-hydrogen) atoms. The first-order valence-electron chi connectivity index (χ1n) is 7.85. The van der Waals surface area contributed by atoms with Gasteiger partial charge in [0, 0.05) is 22.6 Å². The molecular formula is C18H18BrClN2O3. The number of nitrogens with zero attached hydrogens (tertiary/aromatic N) is 1. The van der Waals surface area contributed by atoms with Crippen LogP contribution in [0.5, 0.6) is 5.75 Å². The van der Waals surface area contributed by atoms with Gasteiger partial charge in [0.05, 0.1) is 37.3 Å². The molecule has 0 aromatic heterocycles. The number of hydrogen-bond acceptors (Lipinski definition) is 4. The summed E-state index contributed by atoms with van der Waals surface area (Å²) in [5.74, 6) is 0.255.